The lowest BCUT2D eigenvalue weighted by Gasteiger charge is -2.35. The van der Waals surface area contributed by atoms with E-state index in [9.17, 15) is 4.79 Å². The molecule has 146 valence electrons. The number of benzene rings is 1. The molecule has 3 heterocycles. The molecular weight excluding hydrogens is 356 g/mol. The Morgan fingerprint density at radius 2 is 1.96 bits per heavy atom. The number of hydrogen-bond donors (Lipinski definition) is 1. The smallest absolute Gasteiger partial charge is 0.228 e. The third-order valence-electron chi connectivity index (χ3n) is 4.90. The zero-order chi connectivity index (χ0) is 19.5. The van der Waals surface area contributed by atoms with E-state index in [2.05, 4.69) is 25.3 Å². The highest BCUT2D eigenvalue weighted by Gasteiger charge is 2.24. The van der Waals surface area contributed by atoms with E-state index in [4.69, 9.17) is 4.52 Å². The van der Waals surface area contributed by atoms with Crippen molar-refractivity contribution >= 4 is 28.6 Å². The molecule has 8 heteroatoms. The summed E-state index contributed by atoms with van der Waals surface area (Å²) in [5.41, 5.74) is 2.34. The first-order valence-electron chi connectivity index (χ1n) is 9.59. The highest BCUT2D eigenvalue weighted by atomic mass is 16.5. The van der Waals surface area contributed by atoms with Crippen molar-refractivity contribution in [1.82, 2.24) is 20.0 Å². The van der Waals surface area contributed by atoms with E-state index in [1.807, 2.05) is 49.1 Å². The normalized spacial score (nSPS) is 14.5. The van der Waals surface area contributed by atoms with Gasteiger partial charge in [-0.05, 0) is 26.0 Å². The van der Waals surface area contributed by atoms with Crippen molar-refractivity contribution in [3.05, 3.63) is 41.7 Å². The summed E-state index contributed by atoms with van der Waals surface area (Å²) in [6, 6.07) is 9.61. The van der Waals surface area contributed by atoms with Gasteiger partial charge in [-0.2, -0.15) is 4.98 Å². The highest BCUT2D eigenvalue weighted by Crippen LogP contribution is 2.20. The van der Waals surface area contributed by atoms with Gasteiger partial charge in [0, 0.05) is 49.9 Å². The van der Waals surface area contributed by atoms with Crippen molar-refractivity contribution in [3.8, 4) is 0 Å². The minimum absolute atomic E-state index is 0.0749. The fraction of sp³-hybridized carbons (Fsp3) is 0.400. The van der Waals surface area contributed by atoms with E-state index < -0.39 is 0 Å². The molecule has 1 aliphatic rings. The summed E-state index contributed by atoms with van der Waals surface area (Å²) in [5.74, 6) is 1.62. The first kappa shape index (κ1) is 18.2. The van der Waals surface area contributed by atoms with Gasteiger partial charge in [0.25, 0.3) is 0 Å². The third-order valence-corrected chi connectivity index (χ3v) is 4.90. The monoisotopic (exact) mass is 380 g/mol. The Labute approximate surface area is 163 Å². The van der Waals surface area contributed by atoms with Crippen LogP contribution in [0.1, 0.15) is 18.3 Å². The van der Waals surface area contributed by atoms with Crippen molar-refractivity contribution in [3.63, 3.8) is 0 Å². The quantitative estimate of drug-likeness (QED) is 0.726. The first-order chi connectivity index (χ1) is 13.6. The number of nitrogens with zero attached hydrogens (tertiary/aromatic N) is 5. The summed E-state index contributed by atoms with van der Waals surface area (Å²) >= 11 is 0. The number of anilines is 2. The number of amides is 1. The molecule has 0 spiro atoms. The number of aromatic nitrogens is 3. The van der Waals surface area contributed by atoms with Crippen LogP contribution < -0.4 is 10.2 Å². The van der Waals surface area contributed by atoms with E-state index in [-0.39, 0.29) is 12.3 Å². The predicted molar refractivity (Wildman–Crippen MR) is 107 cm³/mol. The minimum Gasteiger partial charge on any atom is -0.356 e. The molecule has 1 aliphatic heterocycles. The van der Waals surface area contributed by atoms with Gasteiger partial charge < -0.3 is 19.6 Å². The molecule has 3 aromatic rings. The number of rotatable bonds is 5. The van der Waals surface area contributed by atoms with Crippen molar-refractivity contribution in [2.75, 3.05) is 42.9 Å². The van der Waals surface area contributed by atoms with Crippen LogP contribution in [0.25, 0.3) is 11.0 Å². The molecule has 0 aliphatic carbocycles. The SMILES string of the molecule is CCNc1nc(C)cc(N2CCN(C(=O)Cc3noc4ccccc34)CC2)n1. The lowest BCUT2D eigenvalue weighted by molar-refractivity contribution is -0.130. The number of nitrogens with one attached hydrogen (secondary N) is 1. The number of carbonyl (C=O) groups excluding carboxylic acids is 1. The molecular formula is C20H24N6O2. The molecule has 8 nitrogen and oxygen atoms in total. The summed E-state index contributed by atoms with van der Waals surface area (Å²) in [6.45, 7) is 7.58. The molecule has 1 amide bonds. The van der Waals surface area contributed by atoms with Gasteiger partial charge >= 0.3 is 0 Å². The van der Waals surface area contributed by atoms with Crippen LogP contribution in [0.5, 0.6) is 0 Å². The van der Waals surface area contributed by atoms with Crippen LogP contribution in [0.15, 0.2) is 34.9 Å². The van der Waals surface area contributed by atoms with Gasteiger partial charge in [-0.15, -0.1) is 0 Å². The van der Waals surface area contributed by atoms with Gasteiger partial charge in [-0.25, -0.2) is 4.98 Å². The van der Waals surface area contributed by atoms with Crippen molar-refractivity contribution in [1.29, 1.82) is 0 Å². The molecule has 1 aromatic carbocycles. The zero-order valence-electron chi connectivity index (χ0n) is 16.2. The third kappa shape index (κ3) is 3.76. The highest BCUT2D eigenvalue weighted by molar-refractivity contribution is 5.86. The number of aryl methyl sites for hydroxylation is 1. The van der Waals surface area contributed by atoms with Crippen LogP contribution in [0.4, 0.5) is 11.8 Å². The maximum Gasteiger partial charge on any atom is 0.228 e. The van der Waals surface area contributed by atoms with Gasteiger partial charge in [0.2, 0.25) is 11.9 Å². The van der Waals surface area contributed by atoms with Crippen molar-refractivity contribution in [2.24, 2.45) is 0 Å². The Hall–Kier alpha value is -3.16. The second-order valence-electron chi connectivity index (χ2n) is 6.89. The maximum atomic E-state index is 12.7. The van der Waals surface area contributed by atoms with Crippen LogP contribution in [0.2, 0.25) is 0 Å². The predicted octanol–water partition coefficient (Wildman–Crippen LogP) is 2.25. The van der Waals surface area contributed by atoms with E-state index in [1.54, 1.807) is 0 Å². The first-order valence-corrected chi connectivity index (χ1v) is 9.59. The Bertz CT molecular complexity index is 978. The second kappa shape index (κ2) is 7.84. The summed E-state index contributed by atoms with van der Waals surface area (Å²) in [7, 11) is 0. The van der Waals surface area contributed by atoms with Gasteiger partial charge in [0.15, 0.2) is 5.58 Å². The number of carbonyl (C=O) groups is 1. The standard InChI is InChI=1S/C20H24N6O2/c1-3-21-20-22-14(2)12-18(23-20)25-8-10-26(11-9-25)19(27)13-16-15-6-4-5-7-17(15)28-24-16/h4-7,12H,3,8-11,13H2,1-2H3,(H,21,22,23). The zero-order valence-corrected chi connectivity index (χ0v) is 16.2. The van der Waals surface area contributed by atoms with E-state index >= 15 is 0 Å². The van der Waals surface area contributed by atoms with Crippen molar-refractivity contribution < 1.29 is 9.32 Å². The summed E-state index contributed by atoms with van der Waals surface area (Å²) in [4.78, 5) is 25.8. The Morgan fingerprint density at radius 1 is 1.18 bits per heavy atom. The van der Waals surface area contributed by atoms with Crippen LogP contribution in [0, 0.1) is 6.92 Å². The Morgan fingerprint density at radius 3 is 2.75 bits per heavy atom. The molecule has 4 rings (SSSR count). The number of para-hydroxylation sites is 1. The lowest BCUT2D eigenvalue weighted by atomic mass is 10.1. The fourth-order valence-electron chi connectivity index (χ4n) is 3.46. The largest absolute Gasteiger partial charge is 0.356 e. The molecule has 1 saturated heterocycles. The average molecular weight is 380 g/mol. The number of hydrogen-bond acceptors (Lipinski definition) is 7. The van der Waals surface area contributed by atoms with E-state index in [0.717, 1.165) is 36.5 Å². The Kier molecular flexibility index (Phi) is 5.10. The summed E-state index contributed by atoms with van der Waals surface area (Å²) < 4.78 is 5.31. The minimum atomic E-state index is 0.0749. The Balaban J connectivity index is 1.39. The molecule has 0 atom stereocenters. The topological polar surface area (TPSA) is 87.4 Å². The molecule has 2 aromatic heterocycles. The molecule has 1 N–H and O–H groups in total. The van der Waals surface area contributed by atoms with E-state index in [0.29, 0.717) is 30.3 Å². The second-order valence-corrected chi connectivity index (χ2v) is 6.89. The van der Waals surface area contributed by atoms with Crippen LogP contribution in [0.3, 0.4) is 0 Å². The van der Waals surface area contributed by atoms with Crippen molar-refractivity contribution in [2.45, 2.75) is 20.3 Å². The molecule has 0 bridgehead atoms. The molecule has 0 unspecified atom stereocenters. The van der Waals surface area contributed by atoms with Gasteiger partial charge in [0.1, 0.15) is 11.5 Å². The summed E-state index contributed by atoms with van der Waals surface area (Å²) in [6.07, 6.45) is 0.258. The molecule has 0 radical (unpaired) electrons. The van der Waals surface area contributed by atoms with Gasteiger partial charge in [-0.1, -0.05) is 17.3 Å². The van der Waals surface area contributed by atoms with Crippen LogP contribution in [-0.2, 0) is 11.2 Å². The number of piperazine rings is 1. The van der Waals surface area contributed by atoms with Crippen LogP contribution in [-0.4, -0.2) is 58.7 Å². The summed E-state index contributed by atoms with van der Waals surface area (Å²) in [5, 5.41) is 8.14. The maximum absolute atomic E-state index is 12.7. The fourth-order valence-corrected chi connectivity index (χ4v) is 3.46. The molecule has 0 saturated carbocycles. The molecule has 28 heavy (non-hydrogen) atoms. The molecule has 1 fully saturated rings. The lowest BCUT2D eigenvalue weighted by Crippen LogP contribution is -2.49. The van der Waals surface area contributed by atoms with Crippen LogP contribution >= 0.6 is 0 Å². The average Bonchev–Trinajstić information content (AvgIpc) is 3.11. The van der Waals surface area contributed by atoms with E-state index in [1.165, 1.54) is 0 Å². The van der Waals surface area contributed by atoms with Gasteiger partial charge in [0.05, 0.1) is 6.42 Å². The number of fused-ring (bicyclic) bond motifs is 1. The van der Waals surface area contributed by atoms with Gasteiger partial charge in [-0.3, -0.25) is 4.79 Å².